The van der Waals surface area contributed by atoms with Crippen LogP contribution in [0.4, 0.5) is 0 Å². The third-order valence-corrected chi connectivity index (χ3v) is 5.39. The lowest BCUT2D eigenvalue weighted by molar-refractivity contribution is -0.0361. The zero-order chi connectivity index (χ0) is 19.3. The van der Waals surface area contributed by atoms with Gasteiger partial charge in [0.1, 0.15) is 11.6 Å². The van der Waals surface area contributed by atoms with Crippen LogP contribution in [0.25, 0.3) is 0 Å². The lowest BCUT2D eigenvalue weighted by Crippen LogP contribution is -2.46. The number of aryl methyl sites for hydroxylation is 1. The van der Waals surface area contributed by atoms with E-state index in [1.54, 1.807) is 13.3 Å². The van der Waals surface area contributed by atoms with E-state index in [4.69, 9.17) is 9.47 Å². The van der Waals surface area contributed by atoms with Gasteiger partial charge in [0.25, 0.3) is 0 Å². The molecule has 0 radical (unpaired) electrons. The quantitative estimate of drug-likeness (QED) is 0.771. The Bertz CT molecular complexity index is 736. The van der Waals surface area contributed by atoms with Crippen molar-refractivity contribution in [1.82, 2.24) is 14.5 Å². The first-order valence-corrected chi connectivity index (χ1v) is 9.69. The summed E-state index contributed by atoms with van der Waals surface area (Å²) in [5, 5.41) is 11.0. The van der Waals surface area contributed by atoms with Crippen LogP contribution in [-0.4, -0.2) is 52.0 Å². The van der Waals surface area contributed by atoms with Gasteiger partial charge in [0.2, 0.25) is 0 Å². The maximum atomic E-state index is 11.0. The summed E-state index contributed by atoms with van der Waals surface area (Å²) < 4.78 is 13.0. The first-order chi connectivity index (χ1) is 13.0. The van der Waals surface area contributed by atoms with Crippen molar-refractivity contribution in [2.75, 3.05) is 26.8 Å². The predicted molar refractivity (Wildman–Crippen MR) is 105 cm³/mol. The van der Waals surface area contributed by atoms with E-state index in [0.29, 0.717) is 19.8 Å². The molecule has 0 amide bonds. The largest absolute Gasteiger partial charge is 0.496 e. The van der Waals surface area contributed by atoms with Crippen molar-refractivity contribution in [3.05, 3.63) is 47.5 Å². The monoisotopic (exact) mass is 373 g/mol. The molecule has 1 aromatic heterocycles. The third-order valence-electron chi connectivity index (χ3n) is 5.39. The third kappa shape index (κ3) is 5.09. The zero-order valence-corrected chi connectivity index (χ0v) is 16.6. The van der Waals surface area contributed by atoms with Gasteiger partial charge in [0, 0.05) is 44.2 Å². The molecule has 0 unspecified atom stereocenters. The molecule has 1 N–H and O–H groups in total. The number of aromatic nitrogens is 2. The molecule has 2 aromatic rings. The first kappa shape index (κ1) is 19.9. The molecule has 0 saturated carbocycles. The van der Waals surface area contributed by atoms with Gasteiger partial charge in [0.15, 0.2) is 0 Å². The Kier molecular flexibility index (Phi) is 6.52. The molecule has 2 heterocycles. The molecule has 1 saturated heterocycles. The molecule has 1 aliphatic rings. The summed E-state index contributed by atoms with van der Waals surface area (Å²) in [5.74, 6) is 1.82. The molecule has 0 bridgehead atoms. The fourth-order valence-electron chi connectivity index (χ4n) is 3.69. The molecule has 1 aliphatic heterocycles. The van der Waals surface area contributed by atoms with Crippen LogP contribution >= 0.6 is 0 Å². The molecule has 6 nitrogen and oxygen atoms in total. The summed E-state index contributed by atoms with van der Waals surface area (Å²) in [4.78, 5) is 6.65. The van der Waals surface area contributed by atoms with Crippen LogP contribution in [0.15, 0.2) is 30.6 Å². The fraction of sp³-hybridized carbons (Fsp3) is 0.571. The number of likely N-dealkylation sites (tertiary alicyclic amines) is 1. The van der Waals surface area contributed by atoms with Gasteiger partial charge >= 0.3 is 0 Å². The second-order valence-corrected chi connectivity index (χ2v) is 7.39. The van der Waals surface area contributed by atoms with Gasteiger partial charge in [-0.1, -0.05) is 6.07 Å². The number of nitrogens with zero attached hydrogens (tertiary/aromatic N) is 3. The summed E-state index contributed by atoms with van der Waals surface area (Å²) in [6.07, 6.45) is 5.27. The van der Waals surface area contributed by atoms with Crippen molar-refractivity contribution in [3.8, 4) is 5.75 Å². The first-order valence-electron chi connectivity index (χ1n) is 9.69. The van der Waals surface area contributed by atoms with Crippen LogP contribution in [0.2, 0.25) is 0 Å². The second kappa shape index (κ2) is 8.87. The highest BCUT2D eigenvalue weighted by Crippen LogP contribution is 2.27. The highest BCUT2D eigenvalue weighted by atomic mass is 16.5. The minimum atomic E-state index is -0.651. The van der Waals surface area contributed by atoms with Crippen molar-refractivity contribution >= 4 is 0 Å². The van der Waals surface area contributed by atoms with Gasteiger partial charge in [-0.15, -0.1) is 0 Å². The number of rotatable bonds is 8. The van der Waals surface area contributed by atoms with E-state index in [0.717, 1.165) is 49.6 Å². The number of imidazole rings is 1. The van der Waals surface area contributed by atoms with Gasteiger partial charge in [-0.25, -0.2) is 4.98 Å². The molecule has 1 aromatic carbocycles. The number of aliphatic hydroxyl groups is 1. The number of hydrogen-bond donors (Lipinski definition) is 1. The summed E-state index contributed by atoms with van der Waals surface area (Å²) in [5.41, 5.74) is 1.68. The fourth-order valence-corrected chi connectivity index (χ4v) is 3.69. The molecule has 6 heteroatoms. The van der Waals surface area contributed by atoms with Crippen LogP contribution in [0.5, 0.6) is 5.75 Å². The van der Waals surface area contributed by atoms with E-state index in [-0.39, 0.29) is 0 Å². The normalized spacial score (nSPS) is 17.2. The Balaban J connectivity index is 1.58. The topological polar surface area (TPSA) is 59.8 Å². The smallest absolute Gasteiger partial charge is 0.124 e. The molecular formula is C21H31N3O3. The lowest BCUT2D eigenvalue weighted by Gasteiger charge is -2.38. The van der Waals surface area contributed by atoms with Crippen molar-refractivity contribution in [3.63, 3.8) is 0 Å². The molecule has 3 rings (SSSR count). The Hall–Kier alpha value is -1.89. The van der Waals surface area contributed by atoms with Crippen molar-refractivity contribution in [1.29, 1.82) is 0 Å². The average molecular weight is 373 g/mol. The van der Waals surface area contributed by atoms with E-state index in [2.05, 4.69) is 22.0 Å². The highest BCUT2D eigenvalue weighted by Gasteiger charge is 2.32. The maximum absolute atomic E-state index is 11.0. The lowest BCUT2D eigenvalue weighted by atomic mass is 9.91. The molecule has 0 aliphatic carbocycles. The summed E-state index contributed by atoms with van der Waals surface area (Å²) in [6, 6.07) is 6.31. The number of ether oxygens (including phenoxy) is 2. The highest BCUT2D eigenvalue weighted by molar-refractivity contribution is 5.37. The van der Waals surface area contributed by atoms with E-state index in [9.17, 15) is 5.11 Å². The average Bonchev–Trinajstić information content (AvgIpc) is 3.06. The number of methoxy groups -OCH3 is 1. The SMILES string of the molecule is CCOCc1cc(CN2CCC(O)(Cn3ccnc3C)CC2)ccc1OC. The molecule has 148 valence electrons. The van der Waals surface area contributed by atoms with Crippen LogP contribution < -0.4 is 4.74 Å². The summed E-state index contributed by atoms with van der Waals surface area (Å²) >= 11 is 0. The Labute approximate surface area is 161 Å². The van der Waals surface area contributed by atoms with Crippen molar-refractivity contribution in [2.24, 2.45) is 0 Å². The molecule has 0 atom stereocenters. The van der Waals surface area contributed by atoms with Crippen LogP contribution in [0, 0.1) is 6.92 Å². The predicted octanol–water partition coefficient (Wildman–Crippen LogP) is 2.76. The van der Waals surface area contributed by atoms with Gasteiger partial charge in [-0.3, -0.25) is 4.90 Å². The van der Waals surface area contributed by atoms with E-state index in [1.165, 1.54) is 5.56 Å². The van der Waals surface area contributed by atoms with Gasteiger partial charge in [-0.2, -0.15) is 0 Å². The van der Waals surface area contributed by atoms with Gasteiger partial charge in [-0.05, 0) is 44.4 Å². The zero-order valence-electron chi connectivity index (χ0n) is 16.6. The number of benzene rings is 1. The second-order valence-electron chi connectivity index (χ2n) is 7.39. The molecule has 1 fully saturated rings. The Morgan fingerprint density at radius 1 is 1.26 bits per heavy atom. The van der Waals surface area contributed by atoms with Crippen molar-refractivity contribution in [2.45, 2.75) is 52.0 Å². The summed E-state index contributed by atoms with van der Waals surface area (Å²) in [7, 11) is 1.69. The minimum Gasteiger partial charge on any atom is -0.496 e. The van der Waals surface area contributed by atoms with Crippen LogP contribution in [-0.2, 0) is 24.4 Å². The number of piperidine rings is 1. The minimum absolute atomic E-state index is 0.567. The standard InChI is InChI=1S/C21H31N3O3/c1-4-27-15-19-13-18(5-6-20(19)26-3)14-23-10-7-21(25,8-11-23)16-24-12-9-22-17(24)2/h5-6,9,12-13,25H,4,7-8,10-11,14-16H2,1-3H3. The van der Waals surface area contributed by atoms with Gasteiger partial charge in [0.05, 0.1) is 25.9 Å². The van der Waals surface area contributed by atoms with Crippen LogP contribution in [0.1, 0.15) is 36.7 Å². The molecule has 0 spiro atoms. The summed E-state index contributed by atoms with van der Waals surface area (Å²) in [6.45, 7) is 8.50. The molecular weight excluding hydrogens is 342 g/mol. The van der Waals surface area contributed by atoms with E-state index >= 15 is 0 Å². The van der Waals surface area contributed by atoms with E-state index < -0.39 is 5.60 Å². The molecule has 27 heavy (non-hydrogen) atoms. The van der Waals surface area contributed by atoms with Gasteiger partial charge < -0.3 is 19.1 Å². The maximum Gasteiger partial charge on any atom is 0.124 e. The van der Waals surface area contributed by atoms with Crippen LogP contribution in [0.3, 0.4) is 0 Å². The van der Waals surface area contributed by atoms with E-state index in [1.807, 2.05) is 30.7 Å². The Morgan fingerprint density at radius 2 is 2.04 bits per heavy atom. The number of hydrogen-bond acceptors (Lipinski definition) is 5. The van der Waals surface area contributed by atoms with Crippen molar-refractivity contribution < 1.29 is 14.6 Å². The Morgan fingerprint density at radius 3 is 2.67 bits per heavy atom.